The highest BCUT2D eigenvalue weighted by Crippen LogP contribution is 2.39. The first-order chi connectivity index (χ1) is 18.9. The first kappa shape index (κ1) is 28.6. The number of rotatable bonds is 8. The number of hydrogen-bond acceptors (Lipinski definition) is 6. The van der Waals surface area contributed by atoms with Crippen LogP contribution < -0.4 is 9.47 Å². The second-order valence-electron chi connectivity index (χ2n) is 10.6. The predicted molar refractivity (Wildman–Crippen MR) is 155 cm³/mol. The maximum Gasteiger partial charge on any atom is 0.338 e. The van der Waals surface area contributed by atoms with E-state index in [9.17, 15) is 14.4 Å². The molecule has 4 rings (SSSR count). The second-order valence-corrected chi connectivity index (χ2v) is 10.6. The molecule has 1 atom stereocenters. The van der Waals surface area contributed by atoms with Crippen LogP contribution >= 0.6 is 0 Å². The van der Waals surface area contributed by atoms with Crippen molar-refractivity contribution in [2.24, 2.45) is 5.92 Å². The molecule has 0 fully saturated rings. The zero-order valence-electron chi connectivity index (χ0n) is 23.6. The Morgan fingerprint density at radius 3 is 2.02 bits per heavy atom. The first-order valence-corrected chi connectivity index (χ1v) is 13.3. The molecule has 1 aliphatic carbocycles. The molecule has 6 heteroatoms. The lowest BCUT2D eigenvalue weighted by molar-refractivity contribution is -0.153. The van der Waals surface area contributed by atoms with Crippen molar-refractivity contribution in [3.8, 4) is 33.8 Å². The fraction of sp³-hybridized carbons (Fsp3) is 0.265. The van der Waals surface area contributed by atoms with E-state index in [1.165, 1.54) is 5.56 Å². The number of fused-ring (bicyclic) bond motifs is 1. The molecule has 40 heavy (non-hydrogen) atoms. The maximum atomic E-state index is 12.3. The molecule has 0 saturated heterocycles. The first-order valence-electron chi connectivity index (χ1n) is 13.3. The summed E-state index contributed by atoms with van der Waals surface area (Å²) in [6.07, 6.45) is 1.48. The molecule has 0 bridgehead atoms. The van der Waals surface area contributed by atoms with Gasteiger partial charge in [0.1, 0.15) is 6.10 Å². The van der Waals surface area contributed by atoms with Gasteiger partial charge in [0.2, 0.25) is 0 Å². The van der Waals surface area contributed by atoms with Crippen LogP contribution in [0.1, 0.15) is 56.9 Å². The number of esters is 3. The van der Waals surface area contributed by atoms with Gasteiger partial charge in [0.25, 0.3) is 0 Å². The highest BCUT2D eigenvalue weighted by atomic mass is 16.6. The van der Waals surface area contributed by atoms with E-state index in [2.05, 4.69) is 43.5 Å². The van der Waals surface area contributed by atoms with Crippen LogP contribution in [0.4, 0.5) is 0 Å². The topological polar surface area (TPSA) is 78.9 Å². The highest BCUT2D eigenvalue weighted by Gasteiger charge is 2.27. The SMILES string of the molecule is C=C(C)C(=O)Oc1ccc(-c2ccc(-c3ccc4c(c3)CCC4OC(=O)C(C)C)c(C)c2)cc1OC(=O)C(=C)C. The Bertz CT molecular complexity index is 1530. The number of carbonyl (C=O) groups excluding carboxylic acids is 3. The van der Waals surface area contributed by atoms with E-state index in [1.54, 1.807) is 26.0 Å². The number of hydrogen-bond donors (Lipinski definition) is 0. The zero-order valence-corrected chi connectivity index (χ0v) is 23.6. The Kier molecular flexibility index (Phi) is 8.38. The minimum atomic E-state index is -0.617. The Hall–Kier alpha value is -4.45. The van der Waals surface area contributed by atoms with Crippen LogP contribution in [0.25, 0.3) is 22.3 Å². The van der Waals surface area contributed by atoms with Crippen LogP contribution in [0.3, 0.4) is 0 Å². The van der Waals surface area contributed by atoms with Gasteiger partial charge in [-0.1, -0.05) is 69.5 Å². The predicted octanol–water partition coefficient (Wildman–Crippen LogP) is 7.48. The minimum absolute atomic E-state index is 0.119. The number of aryl methyl sites for hydroxylation is 2. The van der Waals surface area contributed by atoms with Crippen LogP contribution in [0.2, 0.25) is 0 Å². The van der Waals surface area contributed by atoms with Crippen LogP contribution in [0.5, 0.6) is 11.5 Å². The molecule has 0 saturated carbocycles. The summed E-state index contributed by atoms with van der Waals surface area (Å²) in [6.45, 7) is 16.1. The smallest absolute Gasteiger partial charge is 0.338 e. The van der Waals surface area contributed by atoms with Gasteiger partial charge >= 0.3 is 17.9 Å². The lowest BCUT2D eigenvalue weighted by atomic mass is 9.94. The normalized spacial score (nSPS) is 13.9. The maximum absolute atomic E-state index is 12.3. The summed E-state index contributed by atoms with van der Waals surface area (Å²) in [5.74, 6) is -1.31. The van der Waals surface area contributed by atoms with Crippen LogP contribution in [-0.2, 0) is 25.5 Å². The molecular weight excluding hydrogens is 504 g/mol. The molecule has 0 aliphatic heterocycles. The van der Waals surface area contributed by atoms with E-state index in [4.69, 9.17) is 14.2 Å². The Balaban J connectivity index is 1.62. The Labute approximate surface area is 235 Å². The lowest BCUT2D eigenvalue weighted by Gasteiger charge is -2.16. The van der Waals surface area contributed by atoms with Crippen molar-refractivity contribution in [2.45, 2.75) is 53.6 Å². The van der Waals surface area contributed by atoms with Crippen LogP contribution in [0.15, 0.2) is 78.9 Å². The van der Waals surface area contributed by atoms with E-state index in [-0.39, 0.29) is 40.6 Å². The van der Waals surface area contributed by atoms with Crippen molar-refractivity contribution < 1.29 is 28.6 Å². The van der Waals surface area contributed by atoms with Crippen molar-refractivity contribution >= 4 is 17.9 Å². The van der Waals surface area contributed by atoms with E-state index >= 15 is 0 Å². The van der Waals surface area contributed by atoms with Crippen molar-refractivity contribution in [2.75, 3.05) is 0 Å². The molecule has 6 nitrogen and oxygen atoms in total. The summed E-state index contributed by atoms with van der Waals surface area (Å²) in [7, 11) is 0. The quantitative estimate of drug-likeness (QED) is 0.168. The zero-order chi connectivity index (χ0) is 29.1. The third-order valence-electron chi connectivity index (χ3n) is 6.81. The summed E-state index contributed by atoms with van der Waals surface area (Å²) < 4.78 is 16.6. The van der Waals surface area contributed by atoms with Crippen LogP contribution in [-0.4, -0.2) is 17.9 Å². The average molecular weight is 539 g/mol. The fourth-order valence-corrected chi connectivity index (χ4v) is 4.54. The van der Waals surface area contributed by atoms with E-state index in [0.717, 1.165) is 46.2 Å². The molecule has 0 radical (unpaired) electrons. The van der Waals surface area contributed by atoms with E-state index in [0.29, 0.717) is 0 Å². The van der Waals surface area contributed by atoms with Crippen molar-refractivity contribution in [3.05, 3.63) is 95.6 Å². The van der Waals surface area contributed by atoms with Crippen molar-refractivity contribution in [3.63, 3.8) is 0 Å². The van der Waals surface area contributed by atoms with E-state index < -0.39 is 11.9 Å². The summed E-state index contributed by atoms with van der Waals surface area (Å²) >= 11 is 0. The van der Waals surface area contributed by atoms with Gasteiger partial charge in [0.15, 0.2) is 11.5 Å². The molecule has 206 valence electrons. The van der Waals surface area contributed by atoms with Gasteiger partial charge < -0.3 is 14.2 Å². The van der Waals surface area contributed by atoms with Gasteiger partial charge in [-0.2, -0.15) is 0 Å². The Morgan fingerprint density at radius 2 is 1.40 bits per heavy atom. The molecule has 0 spiro atoms. The molecular formula is C34H34O6. The molecule has 3 aromatic rings. The standard InChI is InChI=1S/C34H34O6/c1-19(2)32(35)38-29-14-11-26-17-25(9-13-28(26)29)27-12-8-23(16-22(27)7)24-10-15-30(39-33(36)20(3)4)31(18-24)40-34(37)21(5)6/h8-10,12-13,15-19,29H,3,5,11,14H2,1-2,4,6-7H3. The molecule has 1 aliphatic rings. The van der Waals surface area contributed by atoms with Gasteiger partial charge in [0.05, 0.1) is 5.92 Å². The minimum Gasteiger partial charge on any atom is -0.457 e. The lowest BCUT2D eigenvalue weighted by Crippen LogP contribution is -2.14. The largest absolute Gasteiger partial charge is 0.457 e. The summed E-state index contributed by atoms with van der Waals surface area (Å²) in [6, 6.07) is 17.5. The summed E-state index contributed by atoms with van der Waals surface area (Å²) in [5, 5.41) is 0. The molecule has 0 amide bonds. The van der Waals surface area contributed by atoms with Crippen molar-refractivity contribution in [1.82, 2.24) is 0 Å². The number of ether oxygens (including phenoxy) is 3. The third kappa shape index (κ3) is 6.23. The van der Waals surface area contributed by atoms with Gasteiger partial charge in [-0.3, -0.25) is 4.79 Å². The highest BCUT2D eigenvalue weighted by molar-refractivity contribution is 5.91. The second kappa shape index (κ2) is 11.7. The van der Waals surface area contributed by atoms with E-state index in [1.807, 2.05) is 32.9 Å². The monoisotopic (exact) mass is 538 g/mol. The summed E-state index contributed by atoms with van der Waals surface area (Å²) in [5.41, 5.74) is 7.69. The third-order valence-corrected chi connectivity index (χ3v) is 6.81. The molecule has 0 N–H and O–H groups in total. The molecule has 0 heterocycles. The molecule has 0 aromatic heterocycles. The summed E-state index contributed by atoms with van der Waals surface area (Å²) in [4.78, 5) is 36.5. The molecule has 3 aromatic carbocycles. The Morgan fingerprint density at radius 1 is 0.800 bits per heavy atom. The van der Waals surface area contributed by atoms with Crippen LogP contribution in [0, 0.1) is 12.8 Å². The van der Waals surface area contributed by atoms with Crippen molar-refractivity contribution in [1.29, 1.82) is 0 Å². The average Bonchev–Trinajstić information content (AvgIpc) is 3.30. The van der Waals surface area contributed by atoms with Gasteiger partial charge in [-0.25, -0.2) is 9.59 Å². The number of benzene rings is 3. The van der Waals surface area contributed by atoms with Gasteiger partial charge in [-0.15, -0.1) is 0 Å². The molecule has 1 unspecified atom stereocenters. The number of carbonyl (C=O) groups is 3. The van der Waals surface area contributed by atoms with Gasteiger partial charge in [0, 0.05) is 11.1 Å². The van der Waals surface area contributed by atoms with Gasteiger partial charge in [-0.05, 0) is 84.7 Å². The fourth-order valence-electron chi connectivity index (χ4n) is 4.54.